The van der Waals surface area contributed by atoms with E-state index in [1.165, 1.54) is 6.07 Å². The lowest BCUT2D eigenvalue weighted by molar-refractivity contribution is 0.0697. The van der Waals surface area contributed by atoms with Crippen LogP contribution in [0.2, 0.25) is 0 Å². The van der Waals surface area contributed by atoms with Gasteiger partial charge in [-0.25, -0.2) is 4.79 Å². The summed E-state index contributed by atoms with van der Waals surface area (Å²) >= 11 is 0. The maximum absolute atomic E-state index is 10.7. The normalized spacial score (nSPS) is 10.5. The van der Waals surface area contributed by atoms with Crippen LogP contribution >= 0.6 is 0 Å². The van der Waals surface area contributed by atoms with Gasteiger partial charge in [0.15, 0.2) is 0 Å². The second kappa shape index (κ2) is 3.67. The highest BCUT2D eigenvalue weighted by Gasteiger charge is 2.04. The Labute approximate surface area is 85.8 Å². The molecule has 0 aliphatic heterocycles. The maximum atomic E-state index is 10.7. The lowest BCUT2D eigenvalue weighted by Crippen LogP contribution is -1.96. The minimum Gasteiger partial charge on any atom is -0.478 e. The van der Waals surface area contributed by atoms with E-state index in [1.54, 1.807) is 24.3 Å². The van der Waals surface area contributed by atoms with Crippen LogP contribution in [0.15, 0.2) is 30.3 Å². The van der Waals surface area contributed by atoms with Crippen molar-refractivity contribution in [3.05, 3.63) is 41.6 Å². The third-order valence-corrected chi connectivity index (χ3v) is 2.16. The average Bonchev–Trinajstić information content (AvgIpc) is 2.27. The molecule has 0 radical (unpaired) electrons. The number of aromatic carboxylic acids is 1. The van der Waals surface area contributed by atoms with Crippen LogP contribution in [-0.4, -0.2) is 21.2 Å². The largest absolute Gasteiger partial charge is 0.478 e. The highest BCUT2D eigenvalue weighted by molar-refractivity contribution is 5.93. The highest BCUT2D eigenvalue weighted by Crippen LogP contribution is 2.15. The van der Waals surface area contributed by atoms with E-state index in [0.29, 0.717) is 11.2 Å². The number of benzene rings is 1. The number of aliphatic hydroxyl groups is 1. The zero-order valence-electron chi connectivity index (χ0n) is 7.84. The summed E-state index contributed by atoms with van der Waals surface area (Å²) in [6.45, 7) is -0.114. The van der Waals surface area contributed by atoms with E-state index in [-0.39, 0.29) is 12.2 Å². The van der Waals surface area contributed by atoms with Gasteiger partial charge in [-0.15, -0.1) is 0 Å². The summed E-state index contributed by atoms with van der Waals surface area (Å²) < 4.78 is 0. The van der Waals surface area contributed by atoms with Crippen molar-refractivity contribution in [3.63, 3.8) is 0 Å². The lowest BCUT2D eigenvalue weighted by Gasteiger charge is -2.01. The number of hydrogen-bond acceptors (Lipinski definition) is 3. The molecule has 15 heavy (non-hydrogen) atoms. The average molecular weight is 203 g/mol. The summed E-state index contributed by atoms with van der Waals surface area (Å²) in [5.41, 5.74) is 1.50. The van der Waals surface area contributed by atoms with Gasteiger partial charge in [0.25, 0.3) is 0 Å². The fourth-order valence-corrected chi connectivity index (χ4v) is 1.39. The Morgan fingerprint density at radius 3 is 2.73 bits per heavy atom. The van der Waals surface area contributed by atoms with E-state index in [4.69, 9.17) is 10.2 Å². The predicted octanol–water partition coefficient (Wildman–Crippen LogP) is 1.43. The van der Waals surface area contributed by atoms with E-state index in [1.807, 2.05) is 0 Å². The van der Waals surface area contributed by atoms with Crippen molar-refractivity contribution in [1.82, 2.24) is 4.98 Å². The maximum Gasteiger partial charge on any atom is 0.335 e. The predicted molar refractivity (Wildman–Crippen MR) is 54.6 cm³/mol. The summed E-state index contributed by atoms with van der Waals surface area (Å²) in [6.07, 6.45) is 0. The topological polar surface area (TPSA) is 70.4 Å². The van der Waals surface area contributed by atoms with Crippen molar-refractivity contribution < 1.29 is 15.0 Å². The number of aromatic nitrogens is 1. The second-order valence-corrected chi connectivity index (χ2v) is 3.17. The van der Waals surface area contributed by atoms with Gasteiger partial charge >= 0.3 is 5.97 Å². The van der Waals surface area contributed by atoms with Gasteiger partial charge in [-0.3, -0.25) is 4.98 Å². The molecule has 0 aliphatic rings. The summed E-state index contributed by atoms with van der Waals surface area (Å²) in [7, 11) is 0. The van der Waals surface area contributed by atoms with E-state index >= 15 is 0 Å². The van der Waals surface area contributed by atoms with Crippen molar-refractivity contribution in [2.45, 2.75) is 6.61 Å². The molecule has 2 N–H and O–H groups in total. The van der Waals surface area contributed by atoms with E-state index < -0.39 is 5.97 Å². The number of pyridine rings is 1. The van der Waals surface area contributed by atoms with Crippen LogP contribution in [0, 0.1) is 0 Å². The molecule has 4 nitrogen and oxygen atoms in total. The Morgan fingerprint density at radius 1 is 1.27 bits per heavy atom. The third kappa shape index (κ3) is 1.80. The van der Waals surface area contributed by atoms with Crippen LogP contribution in [-0.2, 0) is 6.61 Å². The van der Waals surface area contributed by atoms with Crippen LogP contribution in [0.25, 0.3) is 10.9 Å². The van der Waals surface area contributed by atoms with Crippen molar-refractivity contribution in [2.24, 2.45) is 0 Å². The second-order valence-electron chi connectivity index (χ2n) is 3.17. The van der Waals surface area contributed by atoms with Crippen molar-refractivity contribution in [2.75, 3.05) is 0 Å². The number of aliphatic hydroxyl groups excluding tert-OH is 1. The lowest BCUT2D eigenvalue weighted by atomic mass is 10.1. The molecule has 76 valence electrons. The molecule has 0 unspecified atom stereocenters. The van der Waals surface area contributed by atoms with E-state index in [0.717, 1.165) is 5.39 Å². The van der Waals surface area contributed by atoms with Crippen LogP contribution in [0.3, 0.4) is 0 Å². The zero-order chi connectivity index (χ0) is 10.8. The molecule has 1 heterocycles. The Morgan fingerprint density at radius 2 is 2.07 bits per heavy atom. The molecular formula is C11H9NO3. The summed E-state index contributed by atoms with van der Waals surface area (Å²) in [6, 6.07) is 8.12. The molecule has 0 amide bonds. The van der Waals surface area contributed by atoms with E-state index in [2.05, 4.69) is 4.98 Å². The standard InChI is InChI=1S/C11H9NO3/c13-6-9-3-1-7-5-8(11(14)15)2-4-10(7)12-9/h1-5,13H,6H2,(H,14,15). The van der Waals surface area contributed by atoms with Crippen LogP contribution in [0.5, 0.6) is 0 Å². The zero-order valence-corrected chi connectivity index (χ0v) is 7.84. The third-order valence-electron chi connectivity index (χ3n) is 2.16. The van der Waals surface area contributed by atoms with Gasteiger partial charge in [0.05, 0.1) is 23.4 Å². The molecule has 0 aliphatic carbocycles. The quantitative estimate of drug-likeness (QED) is 0.774. The van der Waals surface area contributed by atoms with Gasteiger partial charge in [0, 0.05) is 5.39 Å². The van der Waals surface area contributed by atoms with Crippen molar-refractivity contribution >= 4 is 16.9 Å². The molecule has 2 aromatic rings. The smallest absolute Gasteiger partial charge is 0.335 e. The Kier molecular flexibility index (Phi) is 2.35. The van der Waals surface area contributed by atoms with Crippen molar-refractivity contribution in [3.8, 4) is 0 Å². The monoisotopic (exact) mass is 203 g/mol. The number of carboxylic acids is 1. The van der Waals surface area contributed by atoms with Gasteiger partial charge in [-0.05, 0) is 24.3 Å². The molecule has 1 aromatic heterocycles. The first-order valence-electron chi connectivity index (χ1n) is 4.44. The fourth-order valence-electron chi connectivity index (χ4n) is 1.39. The van der Waals surface area contributed by atoms with Crippen molar-refractivity contribution in [1.29, 1.82) is 0 Å². The first-order chi connectivity index (χ1) is 7.20. The molecule has 0 bridgehead atoms. The number of carboxylic acid groups (broad SMARTS) is 1. The Balaban J connectivity index is 2.59. The highest BCUT2D eigenvalue weighted by atomic mass is 16.4. The minimum absolute atomic E-state index is 0.114. The van der Waals surface area contributed by atoms with E-state index in [9.17, 15) is 4.79 Å². The number of nitrogens with zero attached hydrogens (tertiary/aromatic N) is 1. The minimum atomic E-state index is -0.955. The number of carbonyl (C=O) groups is 1. The first kappa shape index (κ1) is 9.61. The Hall–Kier alpha value is -1.94. The molecule has 1 aromatic carbocycles. The molecule has 0 saturated heterocycles. The van der Waals surface area contributed by atoms with Gasteiger partial charge < -0.3 is 10.2 Å². The van der Waals surface area contributed by atoms with Gasteiger partial charge in [0.1, 0.15) is 0 Å². The van der Waals surface area contributed by atoms with Gasteiger partial charge in [0.2, 0.25) is 0 Å². The Bertz CT molecular complexity index is 522. The molecule has 2 rings (SSSR count). The number of fused-ring (bicyclic) bond motifs is 1. The first-order valence-corrected chi connectivity index (χ1v) is 4.44. The molecular weight excluding hydrogens is 194 g/mol. The van der Waals surface area contributed by atoms with Crippen LogP contribution < -0.4 is 0 Å². The fraction of sp³-hybridized carbons (Fsp3) is 0.0909. The van der Waals surface area contributed by atoms with Gasteiger partial charge in [-0.1, -0.05) is 6.07 Å². The van der Waals surface area contributed by atoms with Crippen LogP contribution in [0.1, 0.15) is 16.1 Å². The summed E-state index contributed by atoms with van der Waals surface area (Å²) in [5.74, 6) is -0.955. The molecule has 0 spiro atoms. The summed E-state index contributed by atoms with van der Waals surface area (Å²) in [5, 5.41) is 18.4. The number of rotatable bonds is 2. The molecule has 0 fully saturated rings. The molecule has 0 saturated carbocycles. The molecule has 4 heteroatoms. The molecule has 0 atom stereocenters. The summed E-state index contributed by atoms with van der Waals surface area (Å²) in [4.78, 5) is 14.9. The number of hydrogen-bond donors (Lipinski definition) is 2. The van der Waals surface area contributed by atoms with Gasteiger partial charge in [-0.2, -0.15) is 0 Å². The SMILES string of the molecule is O=C(O)c1ccc2nc(CO)ccc2c1. The van der Waals surface area contributed by atoms with Crippen LogP contribution in [0.4, 0.5) is 0 Å².